The average molecular weight is 342 g/mol. The molecule has 0 saturated carbocycles. The third-order valence-electron chi connectivity index (χ3n) is 4.88. The zero-order valence-electron chi connectivity index (χ0n) is 17.1. The van der Waals surface area contributed by atoms with E-state index in [2.05, 4.69) is 12.4 Å². The van der Waals surface area contributed by atoms with Crippen LogP contribution in [0.1, 0.15) is 129 Å². The summed E-state index contributed by atoms with van der Waals surface area (Å²) >= 11 is 0. The molecule has 1 N–H and O–H groups in total. The van der Waals surface area contributed by atoms with E-state index in [0.29, 0.717) is 0 Å². The van der Waals surface area contributed by atoms with Gasteiger partial charge >= 0.3 is 0 Å². The maximum Gasteiger partial charge on any atom is 0.0653 e. The van der Waals surface area contributed by atoms with Crippen LogP contribution in [0.25, 0.3) is 0 Å². The fraction of sp³-hybridized carbons (Fsp3) is 1.00. The van der Waals surface area contributed by atoms with Crippen LogP contribution in [0.4, 0.5) is 0 Å². The van der Waals surface area contributed by atoms with E-state index in [1.165, 1.54) is 116 Å². The van der Waals surface area contributed by atoms with Crippen LogP contribution in [0.2, 0.25) is 0 Å². The van der Waals surface area contributed by atoms with Crippen LogP contribution in [-0.2, 0) is 4.84 Å². The summed E-state index contributed by atoms with van der Waals surface area (Å²) in [5.41, 5.74) is 2.99. The van der Waals surface area contributed by atoms with Gasteiger partial charge in [0.15, 0.2) is 0 Å². The number of unbranched alkanes of at least 4 members (excludes halogenated alkanes) is 17. The van der Waals surface area contributed by atoms with Gasteiger partial charge in [-0.3, -0.25) is 0 Å². The summed E-state index contributed by atoms with van der Waals surface area (Å²) in [6.07, 6.45) is 25.8. The zero-order chi connectivity index (χ0) is 17.6. The summed E-state index contributed by atoms with van der Waals surface area (Å²) in [6, 6.07) is 0. The molecule has 0 aromatic heterocycles. The van der Waals surface area contributed by atoms with Crippen LogP contribution in [0.15, 0.2) is 0 Å². The number of hydroxylamine groups is 1. The topological polar surface area (TPSA) is 21.3 Å². The van der Waals surface area contributed by atoms with E-state index in [0.717, 1.165) is 13.2 Å². The lowest BCUT2D eigenvalue weighted by atomic mass is 10.0. The van der Waals surface area contributed by atoms with Gasteiger partial charge in [-0.05, 0) is 13.3 Å². The highest BCUT2D eigenvalue weighted by atomic mass is 16.6. The molecule has 0 aliphatic carbocycles. The van der Waals surface area contributed by atoms with Gasteiger partial charge in [-0.2, -0.15) is 0 Å². The Labute approximate surface area is 153 Å². The first-order chi connectivity index (χ1) is 11.9. The van der Waals surface area contributed by atoms with Crippen LogP contribution < -0.4 is 5.48 Å². The maximum absolute atomic E-state index is 5.12. The highest BCUT2D eigenvalue weighted by Gasteiger charge is 1.95. The molecule has 0 amide bonds. The second kappa shape index (κ2) is 22.9. The Morgan fingerprint density at radius 1 is 0.458 bits per heavy atom. The van der Waals surface area contributed by atoms with Crippen LogP contribution in [0, 0.1) is 0 Å². The van der Waals surface area contributed by atoms with Gasteiger partial charge < -0.3 is 4.84 Å². The van der Waals surface area contributed by atoms with Crippen molar-refractivity contribution in [3.63, 3.8) is 0 Å². The van der Waals surface area contributed by atoms with Gasteiger partial charge in [0, 0.05) is 6.54 Å². The predicted molar refractivity (Wildman–Crippen MR) is 108 cm³/mol. The second-order valence-electron chi connectivity index (χ2n) is 7.34. The molecule has 0 heterocycles. The van der Waals surface area contributed by atoms with Crippen molar-refractivity contribution in [1.82, 2.24) is 5.48 Å². The van der Waals surface area contributed by atoms with E-state index in [1.807, 2.05) is 6.92 Å². The molecule has 146 valence electrons. The van der Waals surface area contributed by atoms with E-state index in [-0.39, 0.29) is 0 Å². The molecule has 0 radical (unpaired) electrons. The highest BCUT2D eigenvalue weighted by molar-refractivity contribution is 4.50. The molecule has 2 nitrogen and oxygen atoms in total. The Morgan fingerprint density at radius 3 is 1.12 bits per heavy atom. The van der Waals surface area contributed by atoms with Crippen LogP contribution in [0.3, 0.4) is 0 Å². The summed E-state index contributed by atoms with van der Waals surface area (Å²) in [6.45, 7) is 6.08. The molecule has 0 bridgehead atoms. The maximum atomic E-state index is 5.12. The lowest BCUT2D eigenvalue weighted by Gasteiger charge is -2.04. The first-order valence-electron chi connectivity index (χ1n) is 11.3. The van der Waals surface area contributed by atoms with Crippen molar-refractivity contribution < 1.29 is 4.84 Å². The molecule has 0 atom stereocenters. The van der Waals surface area contributed by atoms with Crippen molar-refractivity contribution in [1.29, 1.82) is 0 Å². The Morgan fingerprint density at radius 2 is 0.792 bits per heavy atom. The first-order valence-corrected chi connectivity index (χ1v) is 11.3. The molecule has 0 aromatic rings. The number of hydrogen-bond acceptors (Lipinski definition) is 2. The summed E-state index contributed by atoms with van der Waals surface area (Å²) in [7, 11) is 0. The van der Waals surface area contributed by atoms with Crippen LogP contribution >= 0.6 is 0 Å². The van der Waals surface area contributed by atoms with Crippen molar-refractivity contribution in [3.05, 3.63) is 0 Å². The van der Waals surface area contributed by atoms with Gasteiger partial charge in [0.25, 0.3) is 0 Å². The minimum absolute atomic E-state index is 0.763. The minimum Gasteiger partial charge on any atom is -0.302 e. The Kier molecular flexibility index (Phi) is 22.8. The quantitative estimate of drug-likeness (QED) is 0.172. The molecule has 0 rings (SSSR count). The minimum atomic E-state index is 0.763. The summed E-state index contributed by atoms with van der Waals surface area (Å²) in [4.78, 5) is 5.12. The van der Waals surface area contributed by atoms with Gasteiger partial charge in [0.1, 0.15) is 0 Å². The normalized spacial score (nSPS) is 11.2. The molecule has 2 heteroatoms. The molecule has 0 aromatic carbocycles. The van der Waals surface area contributed by atoms with Crippen molar-refractivity contribution in [2.75, 3.05) is 13.2 Å². The fourth-order valence-corrected chi connectivity index (χ4v) is 3.27. The number of nitrogens with one attached hydrogen (secondary N) is 1. The third-order valence-corrected chi connectivity index (χ3v) is 4.88. The highest BCUT2D eigenvalue weighted by Crippen LogP contribution is 2.14. The van der Waals surface area contributed by atoms with Crippen molar-refractivity contribution in [2.45, 2.75) is 129 Å². The van der Waals surface area contributed by atoms with Crippen molar-refractivity contribution in [3.8, 4) is 0 Å². The molecule has 0 aliphatic heterocycles. The largest absolute Gasteiger partial charge is 0.302 e. The molecule has 0 fully saturated rings. The van der Waals surface area contributed by atoms with Gasteiger partial charge in [0.2, 0.25) is 0 Å². The van der Waals surface area contributed by atoms with Crippen molar-refractivity contribution >= 4 is 0 Å². The van der Waals surface area contributed by atoms with E-state index in [1.54, 1.807) is 0 Å². The first kappa shape index (κ1) is 23.9. The van der Waals surface area contributed by atoms with E-state index < -0.39 is 0 Å². The Bertz CT molecular complexity index is 186. The van der Waals surface area contributed by atoms with E-state index in [4.69, 9.17) is 4.84 Å². The Balaban J connectivity index is 2.93. The number of rotatable bonds is 21. The van der Waals surface area contributed by atoms with E-state index >= 15 is 0 Å². The number of hydrogen-bond donors (Lipinski definition) is 1. The molecular weight excluding hydrogens is 294 g/mol. The molecule has 0 aliphatic rings. The second-order valence-corrected chi connectivity index (χ2v) is 7.34. The molecule has 0 unspecified atom stereocenters. The summed E-state index contributed by atoms with van der Waals surface area (Å²) < 4.78 is 0. The van der Waals surface area contributed by atoms with Crippen molar-refractivity contribution in [2.24, 2.45) is 0 Å². The molecular formula is C22H47NO. The van der Waals surface area contributed by atoms with Gasteiger partial charge in [-0.15, -0.1) is 0 Å². The SMILES string of the molecule is CCCCCCCCCCCCCCCCCCCCNOCC. The average Bonchev–Trinajstić information content (AvgIpc) is 2.60. The van der Waals surface area contributed by atoms with Gasteiger partial charge in [-0.25, -0.2) is 5.48 Å². The third kappa shape index (κ3) is 21.9. The molecule has 0 saturated heterocycles. The smallest absolute Gasteiger partial charge is 0.0653 e. The molecule has 24 heavy (non-hydrogen) atoms. The standard InChI is InChI=1S/C22H47NO/c1-3-5-6-7-8-9-10-11-12-13-14-15-16-17-18-19-20-21-22-23-24-4-2/h23H,3-22H2,1-2H3. The van der Waals surface area contributed by atoms with Crippen LogP contribution in [0.5, 0.6) is 0 Å². The monoisotopic (exact) mass is 341 g/mol. The lowest BCUT2D eigenvalue weighted by Crippen LogP contribution is -2.15. The van der Waals surface area contributed by atoms with Gasteiger partial charge in [-0.1, -0.05) is 116 Å². The molecule has 0 spiro atoms. The van der Waals surface area contributed by atoms with Crippen LogP contribution in [-0.4, -0.2) is 13.2 Å². The Hall–Kier alpha value is -0.0800. The lowest BCUT2D eigenvalue weighted by molar-refractivity contribution is 0.0500. The van der Waals surface area contributed by atoms with E-state index in [9.17, 15) is 0 Å². The summed E-state index contributed by atoms with van der Waals surface area (Å²) in [5, 5.41) is 0. The van der Waals surface area contributed by atoms with Gasteiger partial charge in [0.05, 0.1) is 6.61 Å². The zero-order valence-corrected chi connectivity index (χ0v) is 17.1. The summed E-state index contributed by atoms with van der Waals surface area (Å²) in [5.74, 6) is 0. The fourth-order valence-electron chi connectivity index (χ4n) is 3.27. The predicted octanol–water partition coefficient (Wildman–Crippen LogP) is 7.57.